The van der Waals surface area contributed by atoms with Crippen molar-refractivity contribution in [2.75, 3.05) is 0 Å². The third kappa shape index (κ3) is 2.23. The molecule has 0 saturated carbocycles. The maximum atomic E-state index is 3.58. The summed E-state index contributed by atoms with van der Waals surface area (Å²) in [4.78, 5) is 3.58. The van der Waals surface area contributed by atoms with Gasteiger partial charge in [0.15, 0.2) is 5.82 Å². The van der Waals surface area contributed by atoms with E-state index in [1.165, 1.54) is 6.34 Å². The highest BCUT2D eigenvalue weighted by Crippen LogP contribution is 1.98. The van der Waals surface area contributed by atoms with Crippen LogP contribution in [-0.2, 0) is 0 Å². The summed E-state index contributed by atoms with van der Waals surface area (Å²) in [6, 6.07) is 0. The Balaban J connectivity index is 0.000000222. The van der Waals surface area contributed by atoms with E-state index >= 15 is 0 Å². The van der Waals surface area contributed by atoms with Gasteiger partial charge in [-0.25, -0.2) is 4.99 Å². The number of rotatable bonds is 0. The monoisotopic (exact) mass is 111 g/mol. The summed E-state index contributed by atoms with van der Waals surface area (Å²) in [6.45, 7) is 7.40. The zero-order valence-electron chi connectivity index (χ0n) is 5.13. The summed E-state index contributed by atoms with van der Waals surface area (Å²) in [6.07, 6.45) is 1.36. The van der Waals surface area contributed by atoms with Gasteiger partial charge in [-0.1, -0.05) is 20.4 Å². The maximum Gasteiger partial charge on any atom is 0.168 e. The van der Waals surface area contributed by atoms with Gasteiger partial charge in [0.2, 0.25) is 0 Å². The molecule has 3 heteroatoms. The number of hydrogen-bond acceptors (Lipinski definition) is 3. The summed E-state index contributed by atoms with van der Waals surface area (Å²) in [5, 5.41) is 6.84. The third-order valence-corrected chi connectivity index (χ3v) is 0.432. The predicted molar refractivity (Wildman–Crippen MR) is 33.8 cm³/mol. The summed E-state index contributed by atoms with van der Waals surface area (Å²) in [7, 11) is 0. The molecule has 44 valence electrons. The van der Waals surface area contributed by atoms with Crippen LogP contribution in [0.2, 0.25) is 0 Å². The summed E-state index contributed by atoms with van der Waals surface area (Å²) >= 11 is 0. The van der Waals surface area contributed by atoms with Crippen LogP contribution in [0.1, 0.15) is 13.8 Å². The fraction of sp³-hybridized carbons (Fsp3) is 0.400. The van der Waals surface area contributed by atoms with Gasteiger partial charge < -0.3 is 0 Å². The standard InChI is InChI=1S/C3H3N3.C2H6/c1-3-4-2-5-6-3;1-2/h2H,1H2;1-2H3. The second-order valence-corrected chi connectivity index (χ2v) is 0.876. The number of nitrogens with zero attached hydrogens (tertiary/aromatic N) is 3. The van der Waals surface area contributed by atoms with Gasteiger partial charge in [0.25, 0.3) is 0 Å². The lowest BCUT2D eigenvalue weighted by molar-refractivity contribution is 1.22. The molecule has 0 aliphatic carbocycles. The lowest BCUT2D eigenvalue weighted by Gasteiger charge is -1.67. The van der Waals surface area contributed by atoms with E-state index in [0.29, 0.717) is 5.82 Å². The van der Waals surface area contributed by atoms with E-state index in [2.05, 4.69) is 21.8 Å². The lowest BCUT2D eigenvalue weighted by Crippen LogP contribution is -1.51. The molecule has 0 atom stereocenters. The van der Waals surface area contributed by atoms with E-state index in [9.17, 15) is 0 Å². The molecule has 1 aliphatic rings. The normalized spacial score (nSPS) is 13.5. The molecule has 0 radical (unpaired) electrons. The molecular formula is C5H9N3. The molecule has 1 aliphatic heterocycles. The Morgan fingerprint density at radius 3 is 2.25 bits per heavy atom. The Bertz CT molecular complexity index is 110. The summed E-state index contributed by atoms with van der Waals surface area (Å²) in [5.41, 5.74) is 0. The Hall–Kier alpha value is -0.990. The molecule has 0 N–H and O–H groups in total. The first-order chi connectivity index (χ1) is 3.89. The molecule has 1 heterocycles. The molecule has 0 saturated heterocycles. The highest BCUT2D eigenvalue weighted by molar-refractivity contribution is 5.58. The van der Waals surface area contributed by atoms with E-state index in [-0.39, 0.29) is 0 Å². The average molecular weight is 111 g/mol. The highest BCUT2D eigenvalue weighted by atomic mass is 15.2. The predicted octanol–water partition coefficient (Wildman–Crippen LogP) is 1.98. The van der Waals surface area contributed by atoms with Crippen LogP contribution in [0.5, 0.6) is 0 Å². The Morgan fingerprint density at radius 1 is 1.50 bits per heavy atom. The van der Waals surface area contributed by atoms with Gasteiger partial charge >= 0.3 is 0 Å². The van der Waals surface area contributed by atoms with Gasteiger partial charge in [0, 0.05) is 0 Å². The van der Waals surface area contributed by atoms with Crippen molar-refractivity contribution < 1.29 is 0 Å². The van der Waals surface area contributed by atoms with Crippen molar-refractivity contribution in [1.29, 1.82) is 0 Å². The smallest absolute Gasteiger partial charge is 0.168 e. The van der Waals surface area contributed by atoms with Crippen LogP contribution < -0.4 is 0 Å². The number of hydrogen-bond donors (Lipinski definition) is 0. The van der Waals surface area contributed by atoms with Crippen LogP contribution in [0.25, 0.3) is 0 Å². The van der Waals surface area contributed by atoms with Crippen molar-refractivity contribution in [2.24, 2.45) is 15.2 Å². The van der Waals surface area contributed by atoms with Crippen LogP contribution in [0.3, 0.4) is 0 Å². The van der Waals surface area contributed by atoms with E-state index < -0.39 is 0 Å². The van der Waals surface area contributed by atoms with Crippen molar-refractivity contribution in [3.63, 3.8) is 0 Å². The van der Waals surface area contributed by atoms with Crippen LogP contribution in [0.4, 0.5) is 0 Å². The first-order valence-corrected chi connectivity index (χ1v) is 2.52. The van der Waals surface area contributed by atoms with Crippen LogP contribution in [0, 0.1) is 0 Å². The molecule has 0 bridgehead atoms. The van der Waals surface area contributed by atoms with Crippen LogP contribution in [0.15, 0.2) is 27.6 Å². The molecule has 3 nitrogen and oxygen atoms in total. The van der Waals surface area contributed by atoms with Gasteiger partial charge in [0.05, 0.1) is 0 Å². The molecule has 1 rings (SSSR count). The zero-order valence-corrected chi connectivity index (χ0v) is 5.13. The van der Waals surface area contributed by atoms with E-state index in [4.69, 9.17) is 0 Å². The van der Waals surface area contributed by atoms with Gasteiger partial charge in [-0.15, -0.1) is 10.2 Å². The second kappa shape index (κ2) is 4.18. The zero-order chi connectivity index (χ0) is 6.41. The molecule has 0 spiro atoms. The first kappa shape index (κ1) is 7.01. The topological polar surface area (TPSA) is 37.1 Å². The number of azo groups is 1. The van der Waals surface area contributed by atoms with Crippen molar-refractivity contribution in [3.8, 4) is 0 Å². The van der Waals surface area contributed by atoms with Crippen molar-refractivity contribution in [3.05, 3.63) is 12.4 Å². The summed E-state index contributed by atoms with van der Waals surface area (Å²) in [5.74, 6) is 0.481. The van der Waals surface area contributed by atoms with Gasteiger partial charge in [0.1, 0.15) is 6.34 Å². The minimum absolute atomic E-state index is 0.481. The molecule has 0 aromatic rings. The third-order valence-electron chi connectivity index (χ3n) is 0.432. The Labute approximate surface area is 48.9 Å². The molecule has 0 unspecified atom stereocenters. The Kier molecular flexibility index (Phi) is 3.66. The Morgan fingerprint density at radius 2 is 2.12 bits per heavy atom. The maximum absolute atomic E-state index is 3.58. The SMILES string of the molecule is C=C1N=CN=N1.CC. The van der Waals surface area contributed by atoms with E-state index in [1.54, 1.807) is 0 Å². The second-order valence-electron chi connectivity index (χ2n) is 0.876. The average Bonchev–Trinajstić information content (AvgIpc) is 2.24. The molecule has 0 aromatic heterocycles. The van der Waals surface area contributed by atoms with Crippen molar-refractivity contribution >= 4 is 6.34 Å². The molecule has 0 amide bonds. The van der Waals surface area contributed by atoms with Crippen molar-refractivity contribution in [1.82, 2.24) is 0 Å². The van der Waals surface area contributed by atoms with E-state index in [0.717, 1.165) is 0 Å². The molecule has 0 aromatic carbocycles. The van der Waals surface area contributed by atoms with Gasteiger partial charge in [-0.3, -0.25) is 0 Å². The molecular weight excluding hydrogens is 102 g/mol. The van der Waals surface area contributed by atoms with Crippen LogP contribution in [-0.4, -0.2) is 6.34 Å². The van der Waals surface area contributed by atoms with E-state index in [1.807, 2.05) is 13.8 Å². The van der Waals surface area contributed by atoms with Gasteiger partial charge in [-0.2, -0.15) is 0 Å². The minimum Gasteiger partial charge on any atom is -0.214 e. The van der Waals surface area contributed by atoms with Crippen LogP contribution >= 0.6 is 0 Å². The molecule has 0 fully saturated rings. The minimum atomic E-state index is 0.481. The van der Waals surface area contributed by atoms with Crippen molar-refractivity contribution in [2.45, 2.75) is 13.8 Å². The highest BCUT2D eigenvalue weighted by Gasteiger charge is 1.85. The fourth-order valence-corrected chi connectivity index (χ4v) is 0.211. The first-order valence-electron chi connectivity index (χ1n) is 2.52. The molecule has 8 heavy (non-hydrogen) atoms. The lowest BCUT2D eigenvalue weighted by atomic mass is 10.9. The van der Waals surface area contributed by atoms with Gasteiger partial charge in [-0.05, 0) is 0 Å². The quantitative estimate of drug-likeness (QED) is 0.458. The largest absolute Gasteiger partial charge is 0.214 e. The fourth-order valence-electron chi connectivity index (χ4n) is 0.211. The number of aliphatic imine (C=N–C) groups is 1. The summed E-state index contributed by atoms with van der Waals surface area (Å²) < 4.78 is 0.